The van der Waals surface area contributed by atoms with Crippen LogP contribution in [0.15, 0.2) is 24.5 Å². The molecule has 5 nitrogen and oxygen atoms in total. The molecule has 1 fully saturated rings. The molecule has 2 heterocycles. The molecule has 1 aromatic rings. The van der Waals surface area contributed by atoms with Crippen LogP contribution in [0.3, 0.4) is 0 Å². The topological polar surface area (TPSA) is 73.3 Å². The molecule has 0 aromatic carbocycles. The number of rotatable bonds is 5. The van der Waals surface area contributed by atoms with E-state index in [0.29, 0.717) is 6.54 Å². The zero-order chi connectivity index (χ0) is 13.7. The summed E-state index contributed by atoms with van der Waals surface area (Å²) >= 11 is 0. The van der Waals surface area contributed by atoms with E-state index in [4.69, 9.17) is 0 Å². The van der Waals surface area contributed by atoms with Crippen LogP contribution in [0, 0.1) is 5.92 Å². The van der Waals surface area contributed by atoms with Crippen molar-refractivity contribution in [1.29, 1.82) is 0 Å². The van der Waals surface area contributed by atoms with Crippen LogP contribution in [-0.4, -0.2) is 34.8 Å². The Labute approximate surface area is 112 Å². The Balaban J connectivity index is 1.89. The standard InChI is InChI=1S/C14H18N2O3/c17-13(18)10-16-9-1-2-12(14(16)19)4-3-11-5-7-15-8-6-11/h5-8,12H,1-4,9-10H2,(H,17,18)/p-1/t12-/m1/s1. The fourth-order valence-corrected chi connectivity index (χ4v) is 2.49. The average molecular weight is 261 g/mol. The largest absolute Gasteiger partial charge is 0.548 e. The minimum Gasteiger partial charge on any atom is -0.548 e. The molecule has 1 saturated heterocycles. The highest BCUT2D eigenvalue weighted by Crippen LogP contribution is 2.22. The summed E-state index contributed by atoms with van der Waals surface area (Å²) < 4.78 is 0. The van der Waals surface area contributed by atoms with Gasteiger partial charge >= 0.3 is 0 Å². The molecular weight excluding hydrogens is 244 g/mol. The van der Waals surface area contributed by atoms with Gasteiger partial charge in [-0.25, -0.2) is 0 Å². The Hall–Kier alpha value is -1.91. The molecule has 2 rings (SSSR count). The summed E-state index contributed by atoms with van der Waals surface area (Å²) in [6.45, 7) is 0.239. The van der Waals surface area contributed by atoms with Crippen LogP contribution in [-0.2, 0) is 16.0 Å². The minimum absolute atomic E-state index is 0.0514. The van der Waals surface area contributed by atoms with Gasteiger partial charge in [0.15, 0.2) is 0 Å². The number of nitrogens with zero attached hydrogens (tertiary/aromatic N) is 2. The van der Waals surface area contributed by atoms with Crippen molar-refractivity contribution in [3.05, 3.63) is 30.1 Å². The Morgan fingerprint density at radius 3 is 2.84 bits per heavy atom. The molecule has 0 unspecified atom stereocenters. The van der Waals surface area contributed by atoms with Gasteiger partial charge in [0, 0.05) is 24.9 Å². The molecule has 1 aliphatic heterocycles. The zero-order valence-electron chi connectivity index (χ0n) is 10.7. The maximum atomic E-state index is 12.1. The number of piperidine rings is 1. The van der Waals surface area contributed by atoms with E-state index >= 15 is 0 Å². The fourth-order valence-electron chi connectivity index (χ4n) is 2.49. The molecular formula is C14H17N2O3-. The summed E-state index contributed by atoms with van der Waals surface area (Å²) in [7, 11) is 0. The predicted molar refractivity (Wildman–Crippen MR) is 66.9 cm³/mol. The van der Waals surface area contributed by atoms with Gasteiger partial charge in [-0.15, -0.1) is 0 Å². The van der Waals surface area contributed by atoms with Crippen molar-refractivity contribution in [3.8, 4) is 0 Å². The third-order valence-corrected chi connectivity index (χ3v) is 3.49. The molecule has 1 aromatic heterocycles. The Kier molecular flexibility index (Phi) is 4.49. The van der Waals surface area contributed by atoms with E-state index in [9.17, 15) is 14.7 Å². The molecule has 0 aliphatic carbocycles. The molecule has 1 amide bonds. The van der Waals surface area contributed by atoms with E-state index in [2.05, 4.69) is 4.98 Å². The van der Waals surface area contributed by atoms with Crippen LogP contribution >= 0.6 is 0 Å². The summed E-state index contributed by atoms with van der Waals surface area (Å²) in [6.07, 6.45) is 6.75. The van der Waals surface area contributed by atoms with E-state index in [-0.39, 0.29) is 18.4 Å². The number of amides is 1. The summed E-state index contributed by atoms with van der Waals surface area (Å²) in [6, 6.07) is 3.87. The quantitative estimate of drug-likeness (QED) is 0.748. The number of pyridine rings is 1. The lowest BCUT2D eigenvalue weighted by Crippen LogP contribution is -2.47. The average Bonchev–Trinajstić information content (AvgIpc) is 2.40. The van der Waals surface area contributed by atoms with E-state index in [0.717, 1.165) is 31.2 Å². The molecule has 19 heavy (non-hydrogen) atoms. The number of aliphatic carboxylic acids is 1. The smallest absolute Gasteiger partial charge is 0.226 e. The van der Waals surface area contributed by atoms with Crippen LogP contribution < -0.4 is 5.11 Å². The van der Waals surface area contributed by atoms with E-state index < -0.39 is 5.97 Å². The second-order valence-electron chi connectivity index (χ2n) is 4.87. The highest BCUT2D eigenvalue weighted by atomic mass is 16.4. The number of hydrogen-bond acceptors (Lipinski definition) is 4. The van der Waals surface area contributed by atoms with Gasteiger partial charge in [0.1, 0.15) is 0 Å². The molecule has 1 aliphatic rings. The zero-order valence-corrected chi connectivity index (χ0v) is 10.7. The number of hydrogen-bond donors (Lipinski definition) is 0. The first-order chi connectivity index (χ1) is 9.16. The number of aromatic nitrogens is 1. The van der Waals surface area contributed by atoms with Gasteiger partial charge in [0.05, 0.1) is 12.5 Å². The number of aryl methyl sites for hydroxylation is 1. The van der Waals surface area contributed by atoms with Crippen LogP contribution in [0.4, 0.5) is 0 Å². The molecule has 0 radical (unpaired) electrons. The third kappa shape index (κ3) is 3.77. The van der Waals surface area contributed by atoms with Gasteiger partial charge in [-0.1, -0.05) is 0 Å². The molecule has 102 valence electrons. The van der Waals surface area contributed by atoms with Gasteiger partial charge in [-0.2, -0.15) is 0 Å². The van der Waals surface area contributed by atoms with Crippen LogP contribution in [0.5, 0.6) is 0 Å². The van der Waals surface area contributed by atoms with Crippen LogP contribution in [0.2, 0.25) is 0 Å². The molecule has 5 heteroatoms. The molecule has 1 atom stereocenters. The van der Waals surface area contributed by atoms with Crippen LogP contribution in [0.1, 0.15) is 24.8 Å². The van der Waals surface area contributed by atoms with Crippen LogP contribution in [0.25, 0.3) is 0 Å². The maximum Gasteiger partial charge on any atom is 0.226 e. The molecule has 0 saturated carbocycles. The first-order valence-electron chi connectivity index (χ1n) is 6.54. The predicted octanol–water partition coefficient (Wildman–Crippen LogP) is 0.00270. The maximum absolute atomic E-state index is 12.1. The molecule has 0 spiro atoms. The minimum atomic E-state index is -1.19. The Bertz CT molecular complexity index is 447. The van der Waals surface area contributed by atoms with Crippen molar-refractivity contribution in [3.63, 3.8) is 0 Å². The van der Waals surface area contributed by atoms with Crippen molar-refractivity contribution in [2.45, 2.75) is 25.7 Å². The van der Waals surface area contributed by atoms with Gasteiger partial charge in [-0.05, 0) is 43.4 Å². The van der Waals surface area contributed by atoms with Gasteiger partial charge in [0.2, 0.25) is 5.91 Å². The van der Waals surface area contributed by atoms with E-state index in [1.54, 1.807) is 12.4 Å². The van der Waals surface area contributed by atoms with Crippen molar-refractivity contribution in [2.24, 2.45) is 5.92 Å². The number of carboxylic acid groups (broad SMARTS) is 1. The molecule has 0 N–H and O–H groups in total. The highest BCUT2D eigenvalue weighted by Gasteiger charge is 2.28. The lowest BCUT2D eigenvalue weighted by molar-refractivity contribution is -0.306. The van der Waals surface area contributed by atoms with Gasteiger partial charge in [0.25, 0.3) is 0 Å². The lowest BCUT2D eigenvalue weighted by Gasteiger charge is -2.32. The number of likely N-dealkylation sites (tertiary alicyclic amines) is 1. The van der Waals surface area contributed by atoms with Crippen molar-refractivity contribution in [1.82, 2.24) is 9.88 Å². The highest BCUT2D eigenvalue weighted by molar-refractivity contribution is 5.83. The summed E-state index contributed by atoms with van der Waals surface area (Å²) in [5, 5.41) is 10.6. The normalized spacial score (nSPS) is 19.5. The van der Waals surface area contributed by atoms with Gasteiger partial charge in [-0.3, -0.25) is 9.78 Å². The first-order valence-corrected chi connectivity index (χ1v) is 6.54. The van der Waals surface area contributed by atoms with E-state index in [1.165, 1.54) is 4.90 Å². The number of carbonyl (C=O) groups is 2. The third-order valence-electron chi connectivity index (χ3n) is 3.49. The van der Waals surface area contributed by atoms with Gasteiger partial charge < -0.3 is 14.8 Å². The monoisotopic (exact) mass is 261 g/mol. The fraction of sp³-hybridized carbons (Fsp3) is 0.500. The van der Waals surface area contributed by atoms with Crippen molar-refractivity contribution < 1.29 is 14.7 Å². The summed E-state index contributed by atoms with van der Waals surface area (Å²) in [4.78, 5) is 28.0. The van der Waals surface area contributed by atoms with Crippen molar-refractivity contribution in [2.75, 3.05) is 13.1 Å². The second kappa shape index (κ2) is 6.31. The SMILES string of the molecule is O=C([O-])CN1CCC[C@H](CCc2ccncc2)C1=O. The second-order valence-corrected chi connectivity index (χ2v) is 4.87. The Morgan fingerprint density at radius 1 is 1.42 bits per heavy atom. The first kappa shape index (κ1) is 13.5. The molecule has 0 bridgehead atoms. The van der Waals surface area contributed by atoms with E-state index in [1.807, 2.05) is 12.1 Å². The number of carbonyl (C=O) groups excluding carboxylic acids is 2. The summed E-state index contributed by atoms with van der Waals surface area (Å²) in [5.41, 5.74) is 1.15. The van der Waals surface area contributed by atoms with Crippen molar-refractivity contribution >= 4 is 11.9 Å². The Morgan fingerprint density at radius 2 is 2.16 bits per heavy atom. The lowest BCUT2D eigenvalue weighted by atomic mass is 9.91. The summed E-state index contributed by atoms with van der Waals surface area (Å²) in [5.74, 6) is -1.31. The number of carboxylic acids is 1.